The van der Waals surface area contributed by atoms with Crippen molar-refractivity contribution in [3.63, 3.8) is 0 Å². The molecule has 26 heavy (non-hydrogen) atoms. The van der Waals surface area contributed by atoms with Crippen molar-refractivity contribution in [1.29, 1.82) is 0 Å². The molecule has 0 N–H and O–H groups in total. The molecule has 0 bridgehead atoms. The lowest BCUT2D eigenvalue weighted by Gasteiger charge is -2.35. The van der Waals surface area contributed by atoms with E-state index < -0.39 is 0 Å². The third-order valence-corrected chi connectivity index (χ3v) is 4.73. The zero-order chi connectivity index (χ0) is 17.9. The molecular weight excluding hydrogens is 355 g/mol. The van der Waals surface area contributed by atoms with Crippen molar-refractivity contribution in [2.45, 2.75) is 6.54 Å². The number of anilines is 1. The standard InChI is InChI=1S/C19H18ClFN4O/c20-15-3-1-14(2-4-15)19-23-22-18(26-19)13-24-9-11-25(12-10-24)17-7-5-16(21)6-8-17/h1-8H,9-13H2. The Bertz CT molecular complexity index is 858. The molecule has 5 nitrogen and oxygen atoms in total. The summed E-state index contributed by atoms with van der Waals surface area (Å²) in [6.07, 6.45) is 0. The monoisotopic (exact) mass is 372 g/mol. The van der Waals surface area contributed by atoms with Crippen molar-refractivity contribution in [3.05, 3.63) is 65.3 Å². The molecule has 1 fully saturated rings. The molecule has 134 valence electrons. The number of halogens is 2. The lowest BCUT2D eigenvalue weighted by atomic mass is 10.2. The van der Waals surface area contributed by atoms with Crippen LogP contribution in [0.1, 0.15) is 5.89 Å². The first-order chi connectivity index (χ1) is 12.7. The van der Waals surface area contributed by atoms with Gasteiger partial charge in [0, 0.05) is 42.5 Å². The van der Waals surface area contributed by atoms with Crippen LogP contribution in [-0.2, 0) is 6.54 Å². The molecule has 0 amide bonds. The molecular formula is C19H18ClFN4O. The van der Waals surface area contributed by atoms with E-state index in [0.717, 1.165) is 37.4 Å². The molecule has 0 saturated carbocycles. The summed E-state index contributed by atoms with van der Waals surface area (Å²) in [6, 6.07) is 14.0. The van der Waals surface area contributed by atoms with Gasteiger partial charge >= 0.3 is 0 Å². The highest BCUT2D eigenvalue weighted by atomic mass is 35.5. The highest BCUT2D eigenvalue weighted by Gasteiger charge is 2.19. The van der Waals surface area contributed by atoms with Crippen LogP contribution in [0.3, 0.4) is 0 Å². The van der Waals surface area contributed by atoms with Crippen LogP contribution in [0, 0.1) is 5.82 Å². The summed E-state index contributed by atoms with van der Waals surface area (Å²) < 4.78 is 18.8. The second-order valence-electron chi connectivity index (χ2n) is 6.25. The largest absolute Gasteiger partial charge is 0.419 e. The van der Waals surface area contributed by atoms with Crippen molar-refractivity contribution >= 4 is 17.3 Å². The molecule has 4 rings (SSSR count). The van der Waals surface area contributed by atoms with Crippen LogP contribution < -0.4 is 4.90 Å². The molecule has 0 radical (unpaired) electrons. The summed E-state index contributed by atoms with van der Waals surface area (Å²) in [5.74, 6) is 0.895. The van der Waals surface area contributed by atoms with E-state index in [0.29, 0.717) is 23.3 Å². The zero-order valence-electron chi connectivity index (χ0n) is 14.1. The number of hydrogen-bond donors (Lipinski definition) is 0. The van der Waals surface area contributed by atoms with Crippen LogP contribution in [0.2, 0.25) is 5.02 Å². The average Bonchev–Trinajstić information content (AvgIpc) is 3.12. The van der Waals surface area contributed by atoms with E-state index in [1.54, 1.807) is 12.1 Å². The number of nitrogens with zero attached hydrogens (tertiary/aromatic N) is 4. The first-order valence-electron chi connectivity index (χ1n) is 8.48. The Labute approximate surface area is 156 Å². The predicted octanol–water partition coefficient (Wildman–Crippen LogP) is 3.85. The molecule has 1 aromatic heterocycles. The molecule has 0 atom stereocenters. The van der Waals surface area contributed by atoms with Gasteiger partial charge in [0.15, 0.2) is 0 Å². The molecule has 2 aromatic carbocycles. The first kappa shape index (κ1) is 17.0. The first-order valence-corrected chi connectivity index (χ1v) is 8.86. The van der Waals surface area contributed by atoms with Crippen LogP contribution >= 0.6 is 11.6 Å². The Morgan fingerprint density at radius 3 is 2.31 bits per heavy atom. The predicted molar refractivity (Wildman–Crippen MR) is 98.6 cm³/mol. The number of aromatic nitrogens is 2. The van der Waals surface area contributed by atoms with E-state index in [9.17, 15) is 4.39 Å². The van der Waals surface area contributed by atoms with Gasteiger partial charge in [0.25, 0.3) is 0 Å². The SMILES string of the molecule is Fc1ccc(N2CCN(Cc3nnc(-c4ccc(Cl)cc4)o3)CC2)cc1. The lowest BCUT2D eigenvalue weighted by Crippen LogP contribution is -2.46. The van der Waals surface area contributed by atoms with Crippen molar-refractivity contribution < 1.29 is 8.81 Å². The number of rotatable bonds is 4. The zero-order valence-corrected chi connectivity index (χ0v) is 14.9. The Balaban J connectivity index is 1.34. The van der Waals surface area contributed by atoms with Gasteiger partial charge in [0.1, 0.15) is 5.82 Å². The van der Waals surface area contributed by atoms with Crippen molar-refractivity contribution in [2.75, 3.05) is 31.1 Å². The highest BCUT2D eigenvalue weighted by molar-refractivity contribution is 6.30. The molecule has 0 spiro atoms. The van der Waals surface area contributed by atoms with Crippen LogP contribution in [0.5, 0.6) is 0 Å². The lowest BCUT2D eigenvalue weighted by molar-refractivity contribution is 0.227. The molecule has 3 aromatic rings. The fraction of sp³-hybridized carbons (Fsp3) is 0.263. The normalized spacial score (nSPS) is 15.4. The fourth-order valence-electron chi connectivity index (χ4n) is 3.03. The van der Waals surface area contributed by atoms with Crippen LogP contribution in [-0.4, -0.2) is 41.3 Å². The van der Waals surface area contributed by atoms with Gasteiger partial charge in [-0.2, -0.15) is 0 Å². The quantitative estimate of drug-likeness (QED) is 0.696. The van der Waals surface area contributed by atoms with Gasteiger partial charge in [0.05, 0.1) is 6.54 Å². The van der Waals surface area contributed by atoms with Crippen LogP contribution in [0.4, 0.5) is 10.1 Å². The second-order valence-corrected chi connectivity index (χ2v) is 6.68. The summed E-state index contributed by atoms with van der Waals surface area (Å²) in [5, 5.41) is 8.94. The molecule has 1 aliphatic heterocycles. The topological polar surface area (TPSA) is 45.4 Å². The maximum atomic E-state index is 13.0. The smallest absolute Gasteiger partial charge is 0.247 e. The van der Waals surface area contributed by atoms with Gasteiger partial charge in [-0.15, -0.1) is 10.2 Å². The Kier molecular flexibility index (Phi) is 4.86. The van der Waals surface area contributed by atoms with E-state index in [1.165, 1.54) is 12.1 Å². The molecule has 2 heterocycles. The van der Waals surface area contributed by atoms with Crippen LogP contribution in [0.25, 0.3) is 11.5 Å². The Hall–Kier alpha value is -2.44. The van der Waals surface area contributed by atoms with Crippen molar-refractivity contribution in [2.24, 2.45) is 0 Å². The van der Waals surface area contributed by atoms with E-state index in [-0.39, 0.29) is 5.82 Å². The molecule has 1 saturated heterocycles. The molecule has 0 aliphatic carbocycles. The van der Waals surface area contributed by atoms with Crippen molar-refractivity contribution in [3.8, 4) is 11.5 Å². The maximum Gasteiger partial charge on any atom is 0.247 e. The molecule has 0 unspecified atom stereocenters. The Morgan fingerprint density at radius 2 is 1.62 bits per heavy atom. The second kappa shape index (κ2) is 7.43. The minimum absolute atomic E-state index is 0.208. The summed E-state index contributed by atoms with van der Waals surface area (Å²) in [7, 11) is 0. The third kappa shape index (κ3) is 3.86. The maximum absolute atomic E-state index is 13.0. The van der Waals surface area contributed by atoms with Gasteiger partial charge < -0.3 is 9.32 Å². The summed E-state index contributed by atoms with van der Waals surface area (Å²) in [4.78, 5) is 4.53. The summed E-state index contributed by atoms with van der Waals surface area (Å²) in [5.41, 5.74) is 1.91. The van der Waals surface area contributed by atoms with E-state index >= 15 is 0 Å². The Morgan fingerprint density at radius 1 is 0.923 bits per heavy atom. The number of piperazine rings is 1. The number of benzene rings is 2. The number of hydrogen-bond acceptors (Lipinski definition) is 5. The van der Waals surface area contributed by atoms with Gasteiger partial charge in [-0.3, -0.25) is 4.90 Å². The molecule has 7 heteroatoms. The van der Waals surface area contributed by atoms with Gasteiger partial charge in [0.2, 0.25) is 11.8 Å². The van der Waals surface area contributed by atoms with Gasteiger partial charge in [-0.1, -0.05) is 11.6 Å². The van der Waals surface area contributed by atoms with E-state index in [1.807, 2.05) is 24.3 Å². The third-order valence-electron chi connectivity index (χ3n) is 4.48. The summed E-state index contributed by atoms with van der Waals surface area (Å²) in [6.45, 7) is 4.15. The van der Waals surface area contributed by atoms with Crippen molar-refractivity contribution in [1.82, 2.24) is 15.1 Å². The fourth-order valence-corrected chi connectivity index (χ4v) is 3.16. The molecule has 1 aliphatic rings. The van der Waals surface area contributed by atoms with Gasteiger partial charge in [-0.25, -0.2) is 4.39 Å². The van der Waals surface area contributed by atoms with E-state index in [4.69, 9.17) is 16.0 Å². The van der Waals surface area contributed by atoms with Gasteiger partial charge in [-0.05, 0) is 48.5 Å². The highest BCUT2D eigenvalue weighted by Crippen LogP contribution is 2.21. The minimum atomic E-state index is -0.208. The van der Waals surface area contributed by atoms with Crippen LogP contribution in [0.15, 0.2) is 52.9 Å². The minimum Gasteiger partial charge on any atom is -0.419 e. The average molecular weight is 373 g/mol. The van der Waals surface area contributed by atoms with E-state index in [2.05, 4.69) is 20.0 Å². The summed E-state index contributed by atoms with van der Waals surface area (Å²) >= 11 is 5.90.